The molecule has 0 saturated carbocycles. The Kier molecular flexibility index (Phi) is 5.62. The van der Waals surface area contributed by atoms with Gasteiger partial charge in [0.25, 0.3) is 0 Å². The van der Waals surface area contributed by atoms with Gasteiger partial charge in [-0.3, -0.25) is 0 Å². The summed E-state index contributed by atoms with van der Waals surface area (Å²) < 4.78 is 21.9. The molecule has 0 aromatic heterocycles. The van der Waals surface area contributed by atoms with Gasteiger partial charge in [-0.05, 0) is 30.5 Å². The first-order valence-corrected chi connectivity index (χ1v) is 8.02. The second kappa shape index (κ2) is 6.75. The van der Waals surface area contributed by atoms with Crippen molar-refractivity contribution in [2.24, 2.45) is 5.14 Å². The van der Waals surface area contributed by atoms with E-state index in [0.29, 0.717) is 11.6 Å². The van der Waals surface area contributed by atoms with Crippen molar-refractivity contribution in [3.63, 3.8) is 0 Å². The molecule has 0 aliphatic heterocycles. The molecule has 0 radical (unpaired) electrons. The van der Waals surface area contributed by atoms with Crippen molar-refractivity contribution in [2.45, 2.75) is 44.9 Å². The molecule has 0 aliphatic carbocycles. The molecule has 1 unspecified atom stereocenters. The highest BCUT2D eigenvalue weighted by molar-refractivity contribution is 7.88. The van der Waals surface area contributed by atoms with E-state index in [4.69, 9.17) is 5.14 Å². The first-order chi connectivity index (χ1) is 8.44. The molecular weight excluding hydrogens is 248 g/mol. The maximum atomic E-state index is 11.0. The normalized spacial score (nSPS) is 13.3. The highest BCUT2D eigenvalue weighted by Gasteiger charge is 2.07. The third kappa shape index (κ3) is 5.51. The Morgan fingerprint density at radius 3 is 2.28 bits per heavy atom. The monoisotopic (exact) mass is 270 g/mol. The summed E-state index contributed by atoms with van der Waals surface area (Å²) in [5, 5.41) is 8.44. The summed E-state index contributed by atoms with van der Waals surface area (Å²) in [4.78, 5) is 0. The third-order valence-electron chi connectivity index (χ3n) is 2.82. The van der Waals surface area contributed by atoms with Gasteiger partial charge in [-0.2, -0.15) is 0 Å². The molecule has 0 heterocycles. The second-order valence-corrected chi connectivity index (χ2v) is 6.16. The lowest BCUT2D eigenvalue weighted by atomic mass is 10.1. The highest BCUT2D eigenvalue weighted by atomic mass is 32.2. The van der Waals surface area contributed by atoms with Crippen LogP contribution in [0.2, 0.25) is 0 Å². The van der Waals surface area contributed by atoms with Crippen LogP contribution in [0.1, 0.15) is 38.7 Å². The summed E-state index contributed by atoms with van der Waals surface area (Å²) in [6.07, 6.45) is 3.36. The van der Waals surface area contributed by atoms with Crippen LogP contribution in [0.3, 0.4) is 0 Å². The maximum Gasteiger partial charge on any atom is 0.213 e. The van der Waals surface area contributed by atoms with Crippen molar-refractivity contribution in [1.29, 1.82) is 0 Å². The summed E-state index contributed by atoms with van der Waals surface area (Å²) >= 11 is 0. The molecule has 1 aromatic rings. The van der Waals surface area contributed by atoms with Crippen LogP contribution < -0.4 is 10.5 Å². The average molecular weight is 270 g/mol. The van der Waals surface area contributed by atoms with E-state index < -0.39 is 10.0 Å². The standard InChI is InChI=1S/C13H22N2O2S/c1-3-5-12(4-2)15-13-8-6-11(7-9-13)10-18(14,16)17/h6-9,12,15H,3-5,10H2,1-2H3,(H2,14,16,17). The Bertz CT molecular complexity index is 454. The first-order valence-electron chi connectivity index (χ1n) is 6.30. The van der Waals surface area contributed by atoms with Crippen LogP contribution in [0.15, 0.2) is 24.3 Å². The van der Waals surface area contributed by atoms with E-state index in [2.05, 4.69) is 19.2 Å². The lowest BCUT2D eigenvalue weighted by Gasteiger charge is -2.17. The van der Waals surface area contributed by atoms with Gasteiger partial charge in [0.15, 0.2) is 0 Å². The molecule has 5 heteroatoms. The molecule has 1 rings (SSSR count). The minimum atomic E-state index is -3.45. The van der Waals surface area contributed by atoms with Gasteiger partial charge < -0.3 is 5.32 Å². The zero-order valence-electron chi connectivity index (χ0n) is 11.0. The zero-order chi connectivity index (χ0) is 13.6. The van der Waals surface area contributed by atoms with E-state index in [1.165, 1.54) is 0 Å². The molecule has 0 fully saturated rings. The number of hydrogen-bond acceptors (Lipinski definition) is 3. The number of benzene rings is 1. The molecule has 1 aromatic carbocycles. The van der Waals surface area contributed by atoms with Crippen LogP contribution in [-0.4, -0.2) is 14.5 Å². The SMILES string of the molecule is CCCC(CC)Nc1ccc(CS(N)(=O)=O)cc1. The average Bonchev–Trinajstić information content (AvgIpc) is 2.29. The lowest BCUT2D eigenvalue weighted by molar-refractivity contribution is 0.597. The Balaban J connectivity index is 2.65. The predicted molar refractivity (Wildman–Crippen MR) is 75.9 cm³/mol. The first kappa shape index (κ1) is 15.0. The molecule has 0 bridgehead atoms. The number of hydrogen-bond donors (Lipinski definition) is 2. The van der Waals surface area contributed by atoms with E-state index in [0.717, 1.165) is 24.9 Å². The number of primary sulfonamides is 1. The van der Waals surface area contributed by atoms with Crippen molar-refractivity contribution >= 4 is 15.7 Å². The van der Waals surface area contributed by atoms with Crippen LogP contribution in [0.5, 0.6) is 0 Å². The smallest absolute Gasteiger partial charge is 0.213 e. The predicted octanol–water partition coefficient (Wildman–Crippen LogP) is 2.47. The van der Waals surface area contributed by atoms with Crippen LogP contribution in [0, 0.1) is 0 Å². The van der Waals surface area contributed by atoms with Gasteiger partial charge in [-0.25, -0.2) is 13.6 Å². The summed E-state index contributed by atoms with van der Waals surface area (Å²) in [5.74, 6) is -0.112. The molecule has 102 valence electrons. The van der Waals surface area contributed by atoms with E-state index in [1.54, 1.807) is 12.1 Å². The van der Waals surface area contributed by atoms with Gasteiger partial charge in [0.1, 0.15) is 0 Å². The zero-order valence-corrected chi connectivity index (χ0v) is 11.8. The van der Waals surface area contributed by atoms with Crippen LogP contribution >= 0.6 is 0 Å². The number of nitrogens with two attached hydrogens (primary N) is 1. The van der Waals surface area contributed by atoms with Gasteiger partial charge in [0.05, 0.1) is 5.75 Å². The molecule has 0 aliphatic rings. The van der Waals surface area contributed by atoms with Crippen LogP contribution in [0.25, 0.3) is 0 Å². The van der Waals surface area contributed by atoms with E-state index in [-0.39, 0.29) is 5.75 Å². The molecule has 1 atom stereocenters. The quantitative estimate of drug-likeness (QED) is 0.799. The van der Waals surface area contributed by atoms with Crippen LogP contribution in [0.4, 0.5) is 5.69 Å². The maximum absolute atomic E-state index is 11.0. The van der Waals surface area contributed by atoms with E-state index >= 15 is 0 Å². The minimum absolute atomic E-state index is 0.112. The van der Waals surface area contributed by atoms with E-state index in [9.17, 15) is 8.42 Å². The van der Waals surface area contributed by atoms with Crippen molar-refractivity contribution in [3.8, 4) is 0 Å². The number of rotatable bonds is 7. The van der Waals surface area contributed by atoms with Crippen molar-refractivity contribution in [2.75, 3.05) is 5.32 Å². The van der Waals surface area contributed by atoms with Crippen molar-refractivity contribution < 1.29 is 8.42 Å². The summed E-state index contributed by atoms with van der Waals surface area (Å²) in [7, 11) is -3.45. The van der Waals surface area contributed by atoms with Gasteiger partial charge in [0, 0.05) is 11.7 Å². The molecule has 0 amide bonds. The molecule has 18 heavy (non-hydrogen) atoms. The molecule has 0 saturated heterocycles. The number of anilines is 1. The summed E-state index contributed by atoms with van der Waals surface area (Å²) in [6.45, 7) is 4.32. The highest BCUT2D eigenvalue weighted by Crippen LogP contribution is 2.15. The van der Waals surface area contributed by atoms with Gasteiger partial charge >= 0.3 is 0 Å². The van der Waals surface area contributed by atoms with Gasteiger partial charge in [-0.15, -0.1) is 0 Å². The largest absolute Gasteiger partial charge is 0.382 e. The van der Waals surface area contributed by atoms with Gasteiger partial charge in [0.2, 0.25) is 10.0 Å². The summed E-state index contributed by atoms with van der Waals surface area (Å²) in [5.41, 5.74) is 1.74. The fourth-order valence-corrected chi connectivity index (χ4v) is 2.55. The topological polar surface area (TPSA) is 72.2 Å². The summed E-state index contributed by atoms with van der Waals surface area (Å²) in [6, 6.07) is 7.87. The van der Waals surface area contributed by atoms with E-state index in [1.807, 2.05) is 12.1 Å². The van der Waals surface area contributed by atoms with Crippen LogP contribution in [-0.2, 0) is 15.8 Å². The fourth-order valence-electron chi connectivity index (χ4n) is 1.89. The second-order valence-electron chi connectivity index (χ2n) is 4.54. The molecule has 0 spiro atoms. The molecule has 4 nitrogen and oxygen atoms in total. The minimum Gasteiger partial charge on any atom is -0.382 e. The Labute approximate surface area is 110 Å². The Hall–Kier alpha value is -1.07. The van der Waals surface area contributed by atoms with Crippen molar-refractivity contribution in [1.82, 2.24) is 0 Å². The number of sulfonamides is 1. The Morgan fingerprint density at radius 2 is 1.83 bits per heavy atom. The van der Waals surface area contributed by atoms with Gasteiger partial charge in [-0.1, -0.05) is 32.4 Å². The van der Waals surface area contributed by atoms with Crippen molar-refractivity contribution in [3.05, 3.63) is 29.8 Å². The third-order valence-corrected chi connectivity index (χ3v) is 3.56. The molecule has 3 N–H and O–H groups in total. The lowest BCUT2D eigenvalue weighted by Crippen LogP contribution is -2.18. The number of nitrogens with one attached hydrogen (secondary N) is 1. The fraction of sp³-hybridized carbons (Fsp3) is 0.538. The molecular formula is C13H22N2O2S. The Morgan fingerprint density at radius 1 is 1.22 bits per heavy atom.